The van der Waals surface area contributed by atoms with Gasteiger partial charge < -0.3 is 84.6 Å². The largest absolute Gasteiger partial charge is 0.469 e. The smallest absolute Gasteiger partial charge is 0.407 e. The molecule has 4 heterocycles. The number of alkyl carbamates (subject to hydrolysis) is 1. The van der Waals surface area contributed by atoms with Crippen LogP contribution in [0.2, 0.25) is 0 Å². The number of amides is 6. The maximum absolute atomic E-state index is 15.3. The number of hydrogen-bond acceptors (Lipinski definition) is 23. The minimum absolute atomic E-state index is 0.00391. The number of nitrogens with zero attached hydrogens (tertiary/aromatic N) is 2. The van der Waals surface area contributed by atoms with Gasteiger partial charge in [-0.3, -0.25) is 43.2 Å². The Morgan fingerprint density at radius 3 is 2.16 bits per heavy atom. The number of ether oxygens (including phenoxy) is 9. The topological polar surface area (TPSA) is 412 Å². The van der Waals surface area contributed by atoms with Crippen LogP contribution in [0, 0.1) is 42.3 Å². The number of Topliss-reactive ketones (excluding diaryl/α,β-unsaturated/α-hetero) is 4. The molecule has 8 rings (SSSR count). The Morgan fingerprint density at radius 2 is 1.47 bits per heavy atom. The van der Waals surface area contributed by atoms with Crippen LogP contribution in [0.4, 0.5) is 19.7 Å². The van der Waals surface area contributed by atoms with E-state index in [-0.39, 0.29) is 156 Å². The third-order valence-corrected chi connectivity index (χ3v) is 19.8. The zero-order valence-corrected chi connectivity index (χ0v) is 65.3. The Hall–Kier alpha value is -9.42. The number of pyridine rings is 2. The van der Waals surface area contributed by atoms with Gasteiger partial charge in [0.25, 0.3) is 5.56 Å². The van der Waals surface area contributed by atoms with E-state index in [0.29, 0.717) is 142 Å². The van der Waals surface area contributed by atoms with Crippen molar-refractivity contribution in [3.63, 3.8) is 0 Å². The number of hydrogen-bond donors (Lipinski definition) is 7. The number of benzene rings is 2. The zero-order valence-electron chi connectivity index (χ0n) is 65.3. The molecule has 4 aromatic rings. The molecule has 0 spiro atoms. The molecule has 4 aliphatic rings. The van der Waals surface area contributed by atoms with Crippen LogP contribution in [0.5, 0.6) is 0 Å². The summed E-state index contributed by atoms with van der Waals surface area (Å²) in [5.41, 5.74) is 7.76. The number of nitrogens with two attached hydrogens (primary N) is 1. The third-order valence-electron chi connectivity index (χ3n) is 19.8. The highest BCUT2D eigenvalue weighted by Crippen LogP contribution is 2.46. The van der Waals surface area contributed by atoms with Gasteiger partial charge in [0.15, 0.2) is 23.0 Å². The van der Waals surface area contributed by atoms with Gasteiger partial charge in [0.1, 0.15) is 44.1 Å². The number of esters is 2. The monoisotopic (exact) mass is 1560 g/mol. The van der Waals surface area contributed by atoms with Gasteiger partial charge in [-0.1, -0.05) is 59.1 Å². The predicted octanol–water partition coefficient (Wildman–Crippen LogP) is 7.35. The molecule has 2 aliphatic heterocycles. The molecule has 612 valence electrons. The maximum atomic E-state index is 15.3. The summed E-state index contributed by atoms with van der Waals surface area (Å²) < 4.78 is 65.0. The number of carbonyl (C=O) groups excluding carboxylic acids is 11. The number of fused-ring (bicyclic) bond motifs is 5. The van der Waals surface area contributed by atoms with E-state index in [2.05, 4.69) is 43.2 Å². The number of anilines is 1. The lowest BCUT2D eigenvalue weighted by molar-refractivity contribution is -0.172. The number of nitrogens with one attached hydrogen (secondary N) is 5. The van der Waals surface area contributed by atoms with Gasteiger partial charge in [-0.05, 0) is 118 Å². The molecule has 2 aromatic heterocycles. The number of urea groups is 1. The lowest BCUT2D eigenvalue weighted by Gasteiger charge is -2.31. The molecule has 0 saturated carbocycles. The van der Waals surface area contributed by atoms with Crippen molar-refractivity contribution in [1.29, 1.82) is 0 Å². The number of methoxy groups -OCH3 is 1. The molecule has 6 atom stereocenters. The molecule has 0 saturated heterocycles. The van der Waals surface area contributed by atoms with Crippen molar-refractivity contribution in [2.75, 3.05) is 98.2 Å². The maximum Gasteiger partial charge on any atom is 0.407 e. The molecule has 112 heavy (non-hydrogen) atoms. The van der Waals surface area contributed by atoms with Crippen LogP contribution in [-0.4, -0.2) is 185 Å². The fraction of sp³-hybridized carbons (Fsp3) is 0.593. The molecule has 2 aliphatic carbocycles. The lowest BCUT2D eigenvalue weighted by atomic mass is 9.81. The molecule has 0 bridgehead atoms. The first-order valence-electron chi connectivity index (χ1n) is 38.6. The summed E-state index contributed by atoms with van der Waals surface area (Å²) in [5.74, 6) is 1.71. The van der Waals surface area contributed by atoms with E-state index in [4.69, 9.17) is 48.6 Å². The highest BCUT2D eigenvalue weighted by atomic mass is 19.1. The first kappa shape index (κ1) is 89.8. The van der Waals surface area contributed by atoms with Crippen LogP contribution >= 0.6 is 0 Å². The molecule has 6 amide bonds. The number of ketones is 4. The Kier molecular flexibility index (Phi) is 36.8. The summed E-state index contributed by atoms with van der Waals surface area (Å²) in [6.07, 6.45) is 7.69. The predicted molar refractivity (Wildman–Crippen MR) is 407 cm³/mol. The second kappa shape index (κ2) is 45.9. The van der Waals surface area contributed by atoms with Crippen molar-refractivity contribution < 1.29 is 105 Å². The number of carbonyl (C=O) groups is 11. The fourth-order valence-corrected chi connectivity index (χ4v) is 13.3. The third kappa shape index (κ3) is 27.2. The molecule has 2 aromatic carbocycles. The summed E-state index contributed by atoms with van der Waals surface area (Å²) in [4.78, 5) is 154. The van der Waals surface area contributed by atoms with Crippen LogP contribution in [0.3, 0.4) is 0 Å². The first-order valence-corrected chi connectivity index (χ1v) is 38.6. The van der Waals surface area contributed by atoms with E-state index in [1.54, 1.807) is 58.0 Å². The number of rotatable bonds is 46. The minimum atomic E-state index is -2.02. The minimum Gasteiger partial charge on any atom is -0.469 e. The average Bonchev–Trinajstić information content (AvgIpc) is 1.54. The second-order valence-electron chi connectivity index (χ2n) is 28.4. The van der Waals surface area contributed by atoms with Crippen molar-refractivity contribution in [3.05, 3.63) is 91.5 Å². The summed E-state index contributed by atoms with van der Waals surface area (Å²) in [6, 6.07) is 7.81. The van der Waals surface area contributed by atoms with E-state index in [0.717, 1.165) is 37.7 Å². The molecule has 8 N–H and O–H groups in total. The van der Waals surface area contributed by atoms with Gasteiger partial charge in [-0.2, -0.15) is 0 Å². The summed E-state index contributed by atoms with van der Waals surface area (Å²) in [6.45, 7) is 12.9. The van der Waals surface area contributed by atoms with Gasteiger partial charge in [0.2, 0.25) is 17.7 Å². The van der Waals surface area contributed by atoms with Gasteiger partial charge in [0.05, 0.1) is 108 Å². The van der Waals surface area contributed by atoms with Gasteiger partial charge >= 0.3 is 24.1 Å². The second-order valence-corrected chi connectivity index (χ2v) is 28.4. The van der Waals surface area contributed by atoms with Crippen molar-refractivity contribution in [2.45, 2.75) is 201 Å². The summed E-state index contributed by atoms with van der Waals surface area (Å²) in [7, 11) is 1.27. The standard InChI is InChI=1S/C45H50FN7O11.C36H59NO11/c1-4-45(61)31-16-35-39-29(19-53(35)41(57)30(31)21-63-42(45)58)38-33(12-11-28-24(3)32(46)17-34(52-39)37(28)38)51-36(55)22-62-15-13-27(54)18-49-44(60)64-20-25-7-9-26(10-8-25)50-40(56)23(2)6-5-14-48-43(47)59;1-5-33(40)35(28(2)3)37-36(42)29(15-16-34(41)43-4)26-30(38)17-19-45-21-23-47-25-24-46-22-20-44-18-11-12-31(39)27-48-32-13-9-7-6-8-10-14-32/h7-10,16-17,23,33,61H,4-6,11-15,18-22H2,1-3H3,(H,49,60)(H,50,56)(H,51,55)(H3,47,48,59);28-29,32,35H,5-9,11-13,15-27H2,1-4H3,(H,37,42)/t23-,33-,45-;29-,32?,35-/m00/s1. The van der Waals surface area contributed by atoms with Crippen LogP contribution in [-0.2, 0) is 118 Å². The number of cyclic esters (lactones) is 1. The number of aliphatic hydroxyl groups is 1. The van der Waals surface area contributed by atoms with E-state index >= 15 is 4.39 Å². The van der Waals surface area contributed by atoms with E-state index < -0.39 is 70.9 Å². The molecule has 30 nitrogen and oxygen atoms in total. The SMILES string of the molecule is CCC(=O)[C@@H](NC(=O)[C@@H](CCC(=O)OC)CC(=O)CCOCCOCCOCCOCCCC(=O)COC1C#CCCCCC1)C(C)C.CC[C@@]1(O)C(=O)OCc2c1cc1n(c2=O)Cc2c-1nc1cc(F)c(C)c3c1c2[C@@H](NC(=O)COCCC(=O)CNC(=O)OCc1ccc(NC(=O)[C@@H](C)CCCNC(N)=O)cc1)CC3. The zero-order chi connectivity index (χ0) is 81.3. The lowest BCUT2D eigenvalue weighted by Crippen LogP contribution is -2.47. The fourth-order valence-electron chi connectivity index (χ4n) is 13.3. The average molecular weight is 1570 g/mol. The highest BCUT2D eigenvalue weighted by Gasteiger charge is 2.46. The summed E-state index contributed by atoms with van der Waals surface area (Å²) >= 11 is 0. The quantitative estimate of drug-likeness (QED) is 0.00866. The van der Waals surface area contributed by atoms with Crippen LogP contribution in [0.1, 0.15) is 189 Å². The molecular weight excluding hydrogens is 1460 g/mol. The van der Waals surface area contributed by atoms with Gasteiger partial charge in [-0.25, -0.2) is 23.8 Å². The van der Waals surface area contributed by atoms with Crippen LogP contribution < -0.4 is 37.9 Å². The number of aromatic nitrogens is 2. The molecular formula is C81H109FN8O22. The molecule has 1 unspecified atom stereocenters. The van der Waals surface area contributed by atoms with Crippen molar-refractivity contribution in [1.82, 2.24) is 30.8 Å². The van der Waals surface area contributed by atoms with E-state index in [1.165, 1.54) is 17.7 Å². The van der Waals surface area contributed by atoms with Crippen LogP contribution in [0.25, 0.3) is 22.3 Å². The van der Waals surface area contributed by atoms with Crippen LogP contribution in [0.15, 0.2) is 41.2 Å². The van der Waals surface area contributed by atoms with E-state index in [1.807, 2.05) is 13.8 Å². The number of primary amides is 1. The van der Waals surface area contributed by atoms with Crippen molar-refractivity contribution in [2.24, 2.45) is 23.5 Å². The Morgan fingerprint density at radius 1 is 0.777 bits per heavy atom. The Balaban J connectivity index is 0.000000326. The normalized spacial score (nSPS) is 16.7. The van der Waals surface area contributed by atoms with Gasteiger partial charge in [-0.15, -0.1) is 5.92 Å². The molecule has 0 fully saturated rings. The Bertz CT molecular complexity index is 4080. The number of halogens is 1. The van der Waals surface area contributed by atoms with Gasteiger partial charge in [0, 0.05) is 98.2 Å². The first-order chi connectivity index (χ1) is 53.8. The van der Waals surface area contributed by atoms with Crippen molar-refractivity contribution >= 4 is 81.5 Å². The molecule has 0 radical (unpaired) electrons. The summed E-state index contributed by atoms with van der Waals surface area (Å²) in [5, 5.41) is 25.5. The number of aryl methyl sites for hydroxylation is 1. The van der Waals surface area contributed by atoms with E-state index in [9.17, 15) is 62.6 Å². The Labute approximate surface area is 651 Å². The highest BCUT2D eigenvalue weighted by molar-refractivity contribution is 5.95. The molecule has 31 heteroatoms. The van der Waals surface area contributed by atoms with Crippen molar-refractivity contribution in [3.8, 4) is 23.2 Å².